The van der Waals surface area contributed by atoms with Crippen LogP contribution in [0.15, 0.2) is 70.9 Å². The average Bonchev–Trinajstić information content (AvgIpc) is 3.40. The van der Waals surface area contributed by atoms with Crippen LogP contribution in [0.5, 0.6) is 5.75 Å². The van der Waals surface area contributed by atoms with Gasteiger partial charge in [0.05, 0.1) is 31.3 Å². The van der Waals surface area contributed by atoms with Crippen molar-refractivity contribution in [1.82, 2.24) is 10.2 Å². The van der Waals surface area contributed by atoms with Crippen molar-refractivity contribution < 1.29 is 22.7 Å². The van der Waals surface area contributed by atoms with Crippen molar-refractivity contribution in [3.05, 3.63) is 76.5 Å². The van der Waals surface area contributed by atoms with Crippen LogP contribution in [0.25, 0.3) is 0 Å². The van der Waals surface area contributed by atoms with E-state index in [-0.39, 0.29) is 22.4 Å². The number of nitrogens with one attached hydrogen (secondary N) is 2. The summed E-state index contributed by atoms with van der Waals surface area (Å²) in [5.74, 6) is 0.302. The molecule has 1 aromatic heterocycles. The first-order valence-corrected chi connectivity index (χ1v) is 13.2. The van der Waals surface area contributed by atoms with Gasteiger partial charge in [0, 0.05) is 35.8 Å². The van der Waals surface area contributed by atoms with Gasteiger partial charge in [-0.05, 0) is 53.9 Å². The number of morpholine rings is 1. The molecule has 2 heterocycles. The number of ether oxygens (including phenoxy) is 2. The molecule has 1 amide bonds. The molecule has 34 heavy (non-hydrogen) atoms. The number of anilines is 1. The lowest BCUT2D eigenvalue weighted by atomic mass is 10.1. The van der Waals surface area contributed by atoms with E-state index >= 15 is 0 Å². The van der Waals surface area contributed by atoms with E-state index in [2.05, 4.69) is 21.0 Å². The number of nitrogens with zero attached hydrogens (tertiary/aromatic N) is 1. The second kappa shape index (κ2) is 11.0. The number of rotatable bonds is 9. The van der Waals surface area contributed by atoms with Gasteiger partial charge >= 0.3 is 0 Å². The average molecular weight is 502 g/mol. The fourth-order valence-corrected chi connectivity index (χ4v) is 5.71. The smallest absolute Gasteiger partial charge is 0.261 e. The first-order valence-electron chi connectivity index (χ1n) is 10.9. The highest BCUT2D eigenvalue weighted by Gasteiger charge is 2.24. The Labute approximate surface area is 203 Å². The van der Waals surface area contributed by atoms with E-state index in [1.165, 1.54) is 17.0 Å². The summed E-state index contributed by atoms with van der Waals surface area (Å²) in [6.07, 6.45) is 0. The zero-order valence-corrected chi connectivity index (χ0v) is 20.4. The molecule has 0 unspecified atom stereocenters. The van der Waals surface area contributed by atoms with Crippen LogP contribution in [0.2, 0.25) is 0 Å². The third-order valence-corrected chi connectivity index (χ3v) is 7.92. The Morgan fingerprint density at radius 1 is 1.12 bits per heavy atom. The fourth-order valence-electron chi connectivity index (χ4n) is 3.75. The van der Waals surface area contributed by atoms with Gasteiger partial charge in [0.1, 0.15) is 5.75 Å². The highest BCUT2D eigenvalue weighted by Crippen LogP contribution is 2.26. The second-order valence-electron chi connectivity index (χ2n) is 7.75. The number of amides is 1. The van der Waals surface area contributed by atoms with Crippen LogP contribution in [0, 0.1) is 0 Å². The predicted molar refractivity (Wildman–Crippen MR) is 132 cm³/mol. The highest BCUT2D eigenvalue weighted by atomic mass is 32.2. The Morgan fingerprint density at radius 3 is 2.56 bits per heavy atom. The molecule has 2 aromatic carbocycles. The Balaban J connectivity index is 1.45. The number of sulfonamides is 1. The predicted octanol–water partition coefficient (Wildman–Crippen LogP) is 3.36. The summed E-state index contributed by atoms with van der Waals surface area (Å²) in [5, 5.41) is 5.00. The fraction of sp³-hybridized carbons (Fsp3) is 0.292. The lowest BCUT2D eigenvalue weighted by Gasteiger charge is -2.34. The van der Waals surface area contributed by atoms with Crippen LogP contribution in [0.3, 0.4) is 0 Å². The molecule has 10 heteroatoms. The van der Waals surface area contributed by atoms with Crippen molar-refractivity contribution in [1.29, 1.82) is 0 Å². The molecule has 4 rings (SSSR count). The van der Waals surface area contributed by atoms with Crippen LogP contribution < -0.4 is 14.8 Å². The van der Waals surface area contributed by atoms with Gasteiger partial charge in [-0.1, -0.05) is 12.1 Å². The molecule has 1 atom stereocenters. The number of carbonyl (C=O) groups excluding carboxylic acids is 1. The van der Waals surface area contributed by atoms with E-state index in [9.17, 15) is 13.2 Å². The standard InChI is InChI=1S/C24H27N3O5S2/c1-31-20-9-7-19(8-10-20)26-34(29,30)21-5-2-4-18(16-21)24(28)25-17-22(23-6-3-15-33-23)27-11-13-32-14-12-27/h2-10,15-16,22,26H,11-14,17H2,1H3,(H,25,28)/t22-/m0/s1. The monoisotopic (exact) mass is 501 g/mol. The maximum atomic E-state index is 12.9. The first kappa shape index (κ1) is 24.2. The van der Waals surface area contributed by atoms with E-state index in [4.69, 9.17) is 9.47 Å². The third-order valence-electron chi connectivity index (χ3n) is 5.56. The van der Waals surface area contributed by atoms with E-state index in [0.29, 0.717) is 31.2 Å². The molecule has 8 nitrogen and oxygen atoms in total. The summed E-state index contributed by atoms with van der Waals surface area (Å²) >= 11 is 1.65. The molecule has 0 radical (unpaired) electrons. The minimum Gasteiger partial charge on any atom is -0.497 e. The topological polar surface area (TPSA) is 97.0 Å². The number of hydrogen-bond acceptors (Lipinski definition) is 7. The van der Waals surface area contributed by atoms with Crippen molar-refractivity contribution >= 4 is 33.0 Å². The molecule has 0 saturated carbocycles. The van der Waals surface area contributed by atoms with Gasteiger partial charge < -0.3 is 14.8 Å². The molecular weight excluding hydrogens is 474 g/mol. The molecule has 2 N–H and O–H groups in total. The van der Waals surface area contributed by atoms with Gasteiger partial charge in [-0.2, -0.15) is 0 Å². The number of methoxy groups -OCH3 is 1. The number of hydrogen-bond donors (Lipinski definition) is 2. The molecule has 1 fully saturated rings. The van der Waals surface area contributed by atoms with Crippen molar-refractivity contribution in [2.75, 3.05) is 44.7 Å². The van der Waals surface area contributed by atoms with Crippen molar-refractivity contribution in [3.63, 3.8) is 0 Å². The van der Waals surface area contributed by atoms with Crippen molar-refractivity contribution in [3.8, 4) is 5.75 Å². The highest BCUT2D eigenvalue weighted by molar-refractivity contribution is 7.92. The second-order valence-corrected chi connectivity index (χ2v) is 10.4. The van der Waals surface area contributed by atoms with E-state index in [1.807, 2.05) is 11.4 Å². The first-order chi connectivity index (χ1) is 16.5. The lowest BCUT2D eigenvalue weighted by molar-refractivity contribution is 0.0169. The van der Waals surface area contributed by atoms with E-state index in [1.54, 1.807) is 54.8 Å². The number of benzene rings is 2. The number of thiophene rings is 1. The summed E-state index contributed by atoms with van der Waals surface area (Å²) in [5.41, 5.74) is 0.685. The molecule has 0 bridgehead atoms. The zero-order chi connectivity index (χ0) is 24.0. The van der Waals surface area contributed by atoms with Crippen LogP contribution in [-0.2, 0) is 14.8 Å². The van der Waals surface area contributed by atoms with Gasteiger partial charge in [-0.15, -0.1) is 11.3 Å². The Hall–Kier alpha value is -2.92. The van der Waals surface area contributed by atoms with Gasteiger partial charge in [0.2, 0.25) is 0 Å². The summed E-state index contributed by atoms with van der Waals surface area (Å²) in [4.78, 5) is 16.4. The van der Waals surface area contributed by atoms with Crippen molar-refractivity contribution in [2.24, 2.45) is 0 Å². The molecular formula is C24H27N3O5S2. The van der Waals surface area contributed by atoms with Crippen molar-refractivity contribution in [2.45, 2.75) is 10.9 Å². The zero-order valence-electron chi connectivity index (χ0n) is 18.8. The molecule has 1 aliphatic rings. The molecule has 1 saturated heterocycles. The number of carbonyl (C=O) groups is 1. The third kappa shape index (κ3) is 5.95. The van der Waals surface area contributed by atoms with Gasteiger partial charge in [0.15, 0.2) is 0 Å². The molecule has 180 valence electrons. The van der Waals surface area contributed by atoms with Crippen LogP contribution in [0.4, 0.5) is 5.69 Å². The molecule has 3 aromatic rings. The van der Waals surface area contributed by atoms with Gasteiger partial charge in [-0.25, -0.2) is 8.42 Å². The summed E-state index contributed by atoms with van der Waals surface area (Å²) in [7, 11) is -2.32. The summed E-state index contributed by atoms with van der Waals surface area (Å²) < 4.78 is 38.8. The Morgan fingerprint density at radius 2 is 1.88 bits per heavy atom. The normalized spacial score (nSPS) is 15.4. The Kier molecular flexibility index (Phi) is 7.84. The van der Waals surface area contributed by atoms with Crippen LogP contribution in [-0.4, -0.2) is 59.2 Å². The van der Waals surface area contributed by atoms with Gasteiger partial charge in [-0.3, -0.25) is 14.4 Å². The van der Waals surface area contributed by atoms with E-state index < -0.39 is 10.0 Å². The summed E-state index contributed by atoms with van der Waals surface area (Å²) in [6.45, 7) is 3.33. The maximum absolute atomic E-state index is 12.9. The molecule has 1 aliphatic heterocycles. The van der Waals surface area contributed by atoms with E-state index in [0.717, 1.165) is 13.1 Å². The van der Waals surface area contributed by atoms with Crippen LogP contribution >= 0.6 is 11.3 Å². The minimum absolute atomic E-state index is 0.0129. The largest absolute Gasteiger partial charge is 0.497 e. The molecule has 0 spiro atoms. The maximum Gasteiger partial charge on any atom is 0.261 e. The SMILES string of the molecule is COc1ccc(NS(=O)(=O)c2cccc(C(=O)NC[C@@H](c3cccs3)N3CCOCC3)c2)cc1. The molecule has 0 aliphatic carbocycles. The quantitative estimate of drug-likeness (QED) is 0.467. The summed E-state index contributed by atoms with van der Waals surface area (Å²) in [6, 6.07) is 16.7. The van der Waals surface area contributed by atoms with Crippen LogP contribution in [0.1, 0.15) is 21.3 Å². The lowest BCUT2D eigenvalue weighted by Crippen LogP contribution is -2.43. The Bertz CT molecular complexity index is 1190. The minimum atomic E-state index is -3.86. The van der Waals surface area contributed by atoms with Gasteiger partial charge in [0.25, 0.3) is 15.9 Å².